The molecule has 0 amide bonds. The summed E-state index contributed by atoms with van der Waals surface area (Å²) in [6, 6.07) is 43.8. The van der Waals surface area contributed by atoms with E-state index in [4.69, 9.17) is 0 Å². The molecule has 0 radical (unpaired) electrons. The molecule has 0 spiro atoms. The zero-order valence-corrected chi connectivity index (χ0v) is 38.2. The third-order valence-electron chi connectivity index (χ3n) is 12.0. The minimum atomic E-state index is -0.367. The SMILES string of the molecule is CC(C)(C)c1ccc(NC2(c3ccc(C(C)(C)C)cc3)C=Cc3c(sc4c3sc3cc(N(c5ccc(C(C)(C)C)cc5)c5ccc(C(C)(C)C)cc5)ccc34)C2)cc1. The van der Waals surface area contributed by atoms with Gasteiger partial charge in [-0.1, -0.05) is 162 Å². The second-order valence-corrected chi connectivity index (χ2v) is 22.7. The van der Waals surface area contributed by atoms with E-state index in [2.05, 4.69) is 221 Å². The van der Waals surface area contributed by atoms with E-state index in [1.54, 1.807) is 0 Å². The van der Waals surface area contributed by atoms with E-state index >= 15 is 0 Å². The lowest BCUT2D eigenvalue weighted by Gasteiger charge is -2.36. The van der Waals surface area contributed by atoms with Crippen LogP contribution >= 0.6 is 22.7 Å². The van der Waals surface area contributed by atoms with Crippen molar-refractivity contribution in [2.24, 2.45) is 0 Å². The Kier molecular flexibility index (Phi) is 9.88. The molecule has 1 aliphatic carbocycles. The predicted octanol–water partition coefficient (Wildman–Crippen LogP) is 16.4. The van der Waals surface area contributed by atoms with E-state index in [1.807, 2.05) is 22.7 Å². The van der Waals surface area contributed by atoms with Crippen molar-refractivity contribution >= 4 is 71.0 Å². The highest BCUT2D eigenvalue weighted by Crippen LogP contribution is 2.50. The van der Waals surface area contributed by atoms with Crippen molar-refractivity contribution in [2.75, 3.05) is 10.2 Å². The van der Waals surface area contributed by atoms with Gasteiger partial charge in [-0.2, -0.15) is 0 Å². The highest BCUT2D eigenvalue weighted by atomic mass is 32.1. The monoisotopic (exact) mass is 800 g/mol. The zero-order valence-electron chi connectivity index (χ0n) is 36.6. The first-order valence-corrected chi connectivity index (χ1v) is 22.5. The van der Waals surface area contributed by atoms with Crippen molar-refractivity contribution in [3.63, 3.8) is 0 Å². The first kappa shape index (κ1) is 40.2. The molecule has 1 atom stereocenters. The second-order valence-electron chi connectivity index (χ2n) is 20.6. The van der Waals surface area contributed by atoms with Crippen LogP contribution < -0.4 is 10.2 Å². The van der Waals surface area contributed by atoms with E-state index < -0.39 is 0 Å². The van der Waals surface area contributed by atoms with Gasteiger partial charge in [0.1, 0.15) is 0 Å². The number of hydrogen-bond donors (Lipinski definition) is 1. The molecule has 5 aromatic carbocycles. The maximum atomic E-state index is 4.05. The van der Waals surface area contributed by atoms with Crippen LogP contribution in [0.4, 0.5) is 22.7 Å². The Labute approximate surface area is 355 Å². The summed E-state index contributed by atoms with van der Waals surface area (Å²) in [5, 5.41) is 5.40. The number of nitrogens with zero attached hydrogens (tertiary/aromatic N) is 1. The fourth-order valence-corrected chi connectivity index (χ4v) is 11.1. The van der Waals surface area contributed by atoms with E-state index in [1.165, 1.54) is 74.8 Å². The van der Waals surface area contributed by atoms with Gasteiger partial charge in [-0.25, -0.2) is 0 Å². The van der Waals surface area contributed by atoms with Gasteiger partial charge in [0.05, 0.1) is 14.9 Å². The van der Waals surface area contributed by atoms with Crippen molar-refractivity contribution in [3.05, 3.63) is 160 Å². The van der Waals surface area contributed by atoms with Gasteiger partial charge in [-0.3, -0.25) is 0 Å². The number of thiophene rings is 2. The molecule has 0 saturated heterocycles. The maximum Gasteiger partial charge on any atom is 0.0861 e. The van der Waals surface area contributed by atoms with Crippen LogP contribution in [0.15, 0.2) is 121 Å². The maximum absolute atomic E-state index is 4.05. The summed E-state index contributed by atoms with van der Waals surface area (Å²) in [6.07, 6.45) is 5.73. The highest BCUT2D eigenvalue weighted by Gasteiger charge is 2.36. The summed E-state index contributed by atoms with van der Waals surface area (Å²) in [4.78, 5) is 3.86. The normalized spacial score (nSPS) is 16.2. The Morgan fingerprint density at radius 2 is 0.948 bits per heavy atom. The Morgan fingerprint density at radius 3 is 1.43 bits per heavy atom. The van der Waals surface area contributed by atoms with Crippen molar-refractivity contribution in [1.29, 1.82) is 0 Å². The lowest BCUT2D eigenvalue weighted by atomic mass is 9.79. The molecule has 7 aromatic rings. The summed E-state index contributed by atoms with van der Waals surface area (Å²) in [5.41, 5.74) is 12.7. The molecule has 58 heavy (non-hydrogen) atoms. The summed E-state index contributed by atoms with van der Waals surface area (Å²) >= 11 is 3.91. The lowest BCUT2D eigenvalue weighted by molar-refractivity contribution is 0.583. The van der Waals surface area contributed by atoms with Crippen molar-refractivity contribution in [2.45, 2.75) is 117 Å². The molecule has 2 heterocycles. The first-order valence-electron chi connectivity index (χ1n) is 20.9. The minimum absolute atomic E-state index is 0.0945. The Bertz CT molecular complexity index is 2550. The van der Waals surface area contributed by atoms with Gasteiger partial charge in [0, 0.05) is 49.7 Å². The molecule has 0 bridgehead atoms. The molecular weight excluding hydrogens is 741 g/mol. The fourth-order valence-electron chi connectivity index (χ4n) is 8.23. The van der Waals surface area contributed by atoms with E-state index in [0.29, 0.717) is 0 Å². The van der Waals surface area contributed by atoms with Gasteiger partial charge in [-0.15, -0.1) is 22.7 Å². The van der Waals surface area contributed by atoms with Gasteiger partial charge in [-0.05, 0) is 98.0 Å². The third-order valence-corrected chi connectivity index (χ3v) is 14.6. The van der Waals surface area contributed by atoms with Gasteiger partial charge in [0.25, 0.3) is 0 Å². The number of fused-ring (bicyclic) bond motifs is 5. The van der Waals surface area contributed by atoms with Crippen LogP contribution in [0.5, 0.6) is 0 Å². The van der Waals surface area contributed by atoms with Crippen LogP contribution in [0, 0.1) is 0 Å². The van der Waals surface area contributed by atoms with Crippen molar-refractivity contribution in [3.8, 4) is 0 Å². The molecule has 4 heteroatoms. The van der Waals surface area contributed by atoms with Gasteiger partial charge < -0.3 is 10.2 Å². The second kappa shape index (κ2) is 14.3. The average molecular weight is 801 g/mol. The lowest BCUT2D eigenvalue weighted by Crippen LogP contribution is -2.37. The topological polar surface area (TPSA) is 15.3 Å². The predicted molar refractivity (Wildman–Crippen MR) is 258 cm³/mol. The Morgan fingerprint density at radius 1 is 0.500 bits per heavy atom. The van der Waals surface area contributed by atoms with Crippen LogP contribution in [0.25, 0.3) is 25.6 Å². The number of rotatable bonds is 6. The van der Waals surface area contributed by atoms with E-state index in [0.717, 1.165) is 12.1 Å². The van der Waals surface area contributed by atoms with Crippen LogP contribution in [0.1, 0.15) is 121 Å². The summed E-state index contributed by atoms with van der Waals surface area (Å²) < 4.78 is 4.11. The molecule has 0 fully saturated rings. The minimum Gasteiger partial charge on any atom is -0.372 e. The molecule has 2 nitrogen and oxygen atoms in total. The number of benzene rings is 5. The molecular formula is C54H60N2S2. The van der Waals surface area contributed by atoms with Crippen LogP contribution in [-0.4, -0.2) is 0 Å². The molecule has 1 N–H and O–H groups in total. The molecule has 0 aliphatic heterocycles. The number of hydrogen-bond acceptors (Lipinski definition) is 4. The molecule has 8 rings (SSSR count). The third kappa shape index (κ3) is 7.66. The van der Waals surface area contributed by atoms with Crippen LogP contribution in [0.2, 0.25) is 0 Å². The van der Waals surface area contributed by atoms with E-state index in [9.17, 15) is 0 Å². The van der Waals surface area contributed by atoms with Gasteiger partial charge in [0.15, 0.2) is 0 Å². The average Bonchev–Trinajstić information content (AvgIpc) is 3.69. The number of nitrogens with one attached hydrogen (secondary N) is 1. The first-order chi connectivity index (χ1) is 27.2. The van der Waals surface area contributed by atoms with Crippen LogP contribution in [-0.2, 0) is 33.6 Å². The van der Waals surface area contributed by atoms with Crippen molar-refractivity contribution in [1.82, 2.24) is 0 Å². The molecule has 0 saturated carbocycles. The van der Waals surface area contributed by atoms with E-state index in [-0.39, 0.29) is 27.2 Å². The molecule has 1 unspecified atom stereocenters. The fraction of sp³-hybridized carbons (Fsp3) is 0.333. The van der Waals surface area contributed by atoms with Crippen molar-refractivity contribution < 1.29 is 0 Å². The summed E-state index contributed by atoms with van der Waals surface area (Å²) in [7, 11) is 0. The van der Waals surface area contributed by atoms with Gasteiger partial charge >= 0.3 is 0 Å². The Balaban J connectivity index is 1.19. The van der Waals surface area contributed by atoms with Gasteiger partial charge in [0.2, 0.25) is 0 Å². The van der Waals surface area contributed by atoms with Crippen LogP contribution in [0.3, 0.4) is 0 Å². The molecule has 2 aromatic heterocycles. The highest BCUT2D eigenvalue weighted by molar-refractivity contribution is 7.33. The molecule has 1 aliphatic rings. The Hall–Kier alpha value is -4.64. The standard InChI is InChI=1S/C54H60N2S2/c1-50(2,3)35-13-15-39(16-14-35)54(55-40-23-17-36(18-24-40)51(4,5)6)32-31-45-47(34-54)58-48-44-30-29-43(33-46(44)57-49(45)48)56(41-25-19-37(20-26-41)52(7,8)9)42-27-21-38(22-28-42)53(10,11)12/h13-33,55H,34H2,1-12H3. The summed E-state index contributed by atoms with van der Waals surface area (Å²) in [5.74, 6) is 0. The summed E-state index contributed by atoms with van der Waals surface area (Å²) in [6.45, 7) is 27.4. The number of anilines is 4. The smallest absolute Gasteiger partial charge is 0.0861 e. The largest absolute Gasteiger partial charge is 0.372 e. The molecule has 298 valence electrons. The quantitative estimate of drug-likeness (QED) is 0.180. The zero-order chi connectivity index (χ0) is 41.4.